The van der Waals surface area contributed by atoms with E-state index >= 15 is 0 Å². The van der Waals surface area contributed by atoms with Crippen LogP contribution in [0.1, 0.15) is 29.6 Å². The first-order chi connectivity index (χ1) is 9.52. The number of phenolic OH excluding ortho intramolecular Hbond substituents is 1. The van der Waals surface area contributed by atoms with E-state index in [-0.39, 0.29) is 35.7 Å². The van der Waals surface area contributed by atoms with Crippen molar-refractivity contribution in [1.82, 2.24) is 4.90 Å². The maximum absolute atomic E-state index is 12.5. The molecule has 1 saturated heterocycles. The quantitative estimate of drug-likeness (QED) is 0.856. The monoisotopic (exact) mass is 341 g/mol. The lowest BCUT2D eigenvalue weighted by Gasteiger charge is -2.24. The second-order valence-corrected chi connectivity index (χ2v) is 5.65. The summed E-state index contributed by atoms with van der Waals surface area (Å²) in [6, 6.07) is 4.62. The van der Waals surface area contributed by atoms with Crippen LogP contribution < -0.4 is 0 Å². The summed E-state index contributed by atoms with van der Waals surface area (Å²) in [5.41, 5.74) is 0.255. The molecule has 6 heteroatoms. The first kappa shape index (κ1) is 14.8. The molecule has 108 valence electrons. The third kappa shape index (κ3) is 3.12. The smallest absolute Gasteiger partial charge is 0.307 e. The Morgan fingerprint density at radius 2 is 2.25 bits per heavy atom. The number of esters is 1. The highest BCUT2D eigenvalue weighted by Gasteiger charge is 2.32. The molecule has 1 atom stereocenters. The highest BCUT2D eigenvalue weighted by molar-refractivity contribution is 9.10. The normalized spacial score (nSPS) is 18.1. The van der Waals surface area contributed by atoms with Gasteiger partial charge in [0.2, 0.25) is 0 Å². The van der Waals surface area contributed by atoms with E-state index in [2.05, 4.69) is 20.7 Å². The zero-order valence-electron chi connectivity index (χ0n) is 11.1. The topological polar surface area (TPSA) is 66.8 Å². The van der Waals surface area contributed by atoms with Crippen LogP contribution in [-0.4, -0.2) is 41.6 Å². The van der Waals surface area contributed by atoms with Gasteiger partial charge < -0.3 is 14.7 Å². The summed E-state index contributed by atoms with van der Waals surface area (Å²) in [5.74, 6) is -0.635. The van der Waals surface area contributed by atoms with Crippen molar-refractivity contribution >= 4 is 27.8 Å². The molecule has 0 saturated carbocycles. The Labute approximate surface area is 125 Å². The van der Waals surface area contributed by atoms with Crippen LogP contribution in [0.2, 0.25) is 0 Å². The highest BCUT2D eigenvalue weighted by Crippen LogP contribution is 2.28. The number of methoxy groups -OCH3 is 1. The van der Waals surface area contributed by atoms with Crippen LogP contribution in [0.4, 0.5) is 0 Å². The van der Waals surface area contributed by atoms with E-state index in [1.165, 1.54) is 13.2 Å². The molecule has 1 aliphatic heterocycles. The van der Waals surface area contributed by atoms with Gasteiger partial charge in [-0.25, -0.2) is 0 Å². The number of likely N-dealkylation sites (tertiary alicyclic amines) is 1. The molecule has 1 heterocycles. The van der Waals surface area contributed by atoms with Crippen LogP contribution in [0, 0.1) is 0 Å². The van der Waals surface area contributed by atoms with E-state index in [4.69, 9.17) is 0 Å². The molecule has 0 aliphatic carbocycles. The van der Waals surface area contributed by atoms with Crippen molar-refractivity contribution in [2.45, 2.75) is 25.3 Å². The third-order valence-corrected chi connectivity index (χ3v) is 3.95. The number of amides is 1. The van der Waals surface area contributed by atoms with E-state index in [0.717, 1.165) is 12.8 Å². The minimum atomic E-state index is -0.324. The van der Waals surface area contributed by atoms with Gasteiger partial charge in [0.25, 0.3) is 5.91 Å². The molecule has 20 heavy (non-hydrogen) atoms. The molecule has 1 N–H and O–H groups in total. The lowest BCUT2D eigenvalue weighted by molar-refractivity contribution is -0.141. The molecule has 1 fully saturated rings. The van der Waals surface area contributed by atoms with Gasteiger partial charge in [-0.1, -0.05) is 15.9 Å². The number of phenols is 1. The highest BCUT2D eigenvalue weighted by atomic mass is 79.9. The molecule has 0 radical (unpaired) electrons. The first-order valence-corrected chi connectivity index (χ1v) is 7.18. The number of aromatic hydroxyl groups is 1. The van der Waals surface area contributed by atoms with Crippen molar-refractivity contribution in [3.8, 4) is 5.75 Å². The van der Waals surface area contributed by atoms with Crippen LogP contribution in [-0.2, 0) is 9.53 Å². The predicted molar refractivity (Wildman–Crippen MR) is 76.5 cm³/mol. The van der Waals surface area contributed by atoms with Crippen molar-refractivity contribution < 1.29 is 19.4 Å². The van der Waals surface area contributed by atoms with E-state index < -0.39 is 0 Å². The summed E-state index contributed by atoms with van der Waals surface area (Å²) >= 11 is 3.24. The molecular formula is C14H16BrNO4. The number of halogens is 1. The molecule has 5 nitrogen and oxygen atoms in total. The van der Waals surface area contributed by atoms with Crippen LogP contribution >= 0.6 is 15.9 Å². The van der Waals surface area contributed by atoms with Gasteiger partial charge >= 0.3 is 5.97 Å². The van der Waals surface area contributed by atoms with Gasteiger partial charge in [0, 0.05) is 17.1 Å². The van der Waals surface area contributed by atoms with Crippen LogP contribution in [0.25, 0.3) is 0 Å². The number of hydrogen-bond donors (Lipinski definition) is 1. The van der Waals surface area contributed by atoms with Gasteiger partial charge in [-0.15, -0.1) is 0 Å². The fourth-order valence-corrected chi connectivity index (χ4v) is 2.78. The number of carbonyl (C=O) groups is 2. The SMILES string of the molecule is COC(=O)CC1CCCN1C(=O)c1ccc(Br)cc1O. The summed E-state index contributed by atoms with van der Waals surface area (Å²) in [4.78, 5) is 25.5. The van der Waals surface area contributed by atoms with E-state index in [1.807, 2.05) is 0 Å². The van der Waals surface area contributed by atoms with Crippen LogP contribution in [0.3, 0.4) is 0 Å². The molecule has 1 unspecified atom stereocenters. The van der Waals surface area contributed by atoms with Crippen molar-refractivity contribution in [2.75, 3.05) is 13.7 Å². The van der Waals surface area contributed by atoms with E-state index in [9.17, 15) is 14.7 Å². The van der Waals surface area contributed by atoms with Gasteiger partial charge in [-0.3, -0.25) is 9.59 Å². The Bertz CT molecular complexity index is 532. The van der Waals surface area contributed by atoms with Crippen molar-refractivity contribution in [1.29, 1.82) is 0 Å². The van der Waals surface area contributed by atoms with Crippen LogP contribution in [0.15, 0.2) is 22.7 Å². The summed E-state index contributed by atoms with van der Waals surface area (Å²) in [7, 11) is 1.34. The molecule has 1 aromatic carbocycles. The Hall–Kier alpha value is -1.56. The Morgan fingerprint density at radius 1 is 1.50 bits per heavy atom. The van der Waals surface area contributed by atoms with Gasteiger partial charge in [-0.05, 0) is 31.0 Å². The zero-order chi connectivity index (χ0) is 14.7. The van der Waals surface area contributed by atoms with Crippen molar-refractivity contribution in [2.24, 2.45) is 0 Å². The molecule has 0 spiro atoms. The average molecular weight is 342 g/mol. The number of ether oxygens (including phenoxy) is 1. The summed E-state index contributed by atoms with van der Waals surface area (Å²) in [6.45, 7) is 0.593. The number of nitrogens with zero attached hydrogens (tertiary/aromatic N) is 1. The van der Waals surface area contributed by atoms with E-state index in [0.29, 0.717) is 11.0 Å². The zero-order valence-corrected chi connectivity index (χ0v) is 12.7. The van der Waals surface area contributed by atoms with Gasteiger partial charge in [0.1, 0.15) is 5.75 Å². The molecule has 1 aliphatic rings. The lowest BCUT2D eigenvalue weighted by Crippen LogP contribution is -2.37. The second kappa shape index (κ2) is 6.26. The predicted octanol–water partition coefficient (Wildman–Crippen LogP) is 2.32. The Kier molecular flexibility index (Phi) is 4.65. The number of carbonyl (C=O) groups excluding carboxylic acids is 2. The van der Waals surface area contributed by atoms with Gasteiger partial charge in [0.05, 0.1) is 19.1 Å². The molecular weight excluding hydrogens is 326 g/mol. The lowest BCUT2D eigenvalue weighted by atomic mass is 10.1. The largest absolute Gasteiger partial charge is 0.507 e. The van der Waals surface area contributed by atoms with Gasteiger partial charge in [-0.2, -0.15) is 0 Å². The van der Waals surface area contributed by atoms with Gasteiger partial charge in [0.15, 0.2) is 0 Å². The fraction of sp³-hybridized carbons (Fsp3) is 0.429. The number of benzene rings is 1. The summed E-state index contributed by atoms with van der Waals surface area (Å²) < 4.78 is 5.36. The fourth-order valence-electron chi connectivity index (χ4n) is 2.43. The third-order valence-electron chi connectivity index (χ3n) is 3.46. The summed E-state index contributed by atoms with van der Waals surface area (Å²) in [5, 5.41) is 9.87. The van der Waals surface area contributed by atoms with Crippen molar-refractivity contribution in [3.05, 3.63) is 28.2 Å². The Morgan fingerprint density at radius 3 is 2.90 bits per heavy atom. The molecule has 1 amide bonds. The minimum Gasteiger partial charge on any atom is -0.507 e. The number of rotatable bonds is 3. The summed E-state index contributed by atoms with van der Waals surface area (Å²) in [6.07, 6.45) is 1.82. The minimum absolute atomic E-state index is 0.0620. The maximum atomic E-state index is 12.5. The standard InChI is InChI=1S/C14H16BrNO4/c1-20-13(18)8-10-3-2-6-16(10)14(19)11-5-4-9(15)7-12(11)17/h4-5,7,10,17H,2-3,6,8H2,1H3. The molecule has 0 bridgehead atoms. The molecule has 2 rings (SSSR count). The second-order valence-electron chi connectivity index (χ2n) is 4.74. The first-order valence-electron chi connectivity index (χ1n) is 6.39. The maximum Gasteiger partial charge on any atom is 0.307 e. The molecule has 0 aromatic heterocycles. The average Bonchev–Trinajstić information content (AvgIpc) is 2.86. The Balaban J connectivity index is 2.17. The van der Waals surface area contributed by atoms with Crippen LogP contribution in [0.5, 0.6) is 5.75 Å². The van der Waals surface area contributed by atoms with E-state index in [1.54, 1.807) is 17.0 Å². The molecule has 1 aromatic rings. The van der Waals surface area contributed by atoms with Crippen molar-refractivity contribution in [3.63, 3.8) is 0 Å². The number of hydrogen-bond acceptors (Lipinski definition) is 4.